The van der Waals surface area contributed by atoms with Crippen LogP contribution in [0.15, 0.2) is 30.3 Å². The van der Waals surface area contributed by atoms with Gasteiger partial charge >= 0.3 is 0 Å². The summed E-state index contributed by atoms with van der Waals surface area (Å²) in [6.45, 7) is 2.80. The van der Waals surface area contributed by atoms with E-state index < -0.39 is 11.7 Å². The second kappa shape index (κ2) is 7.46. The molecule has 2 N–H and O–H groups in total. The van der Waals surface area contributed by atoms with Crippen LogP contribution in [-0.2, 0) is 4.74 Å². The van der Waals surface area contributed by atoms with Crippen LogP contribution in [0.5, 0.6) is 0 Å². The predicted octanol–water partition coefficient (Wildman–Crippen LogP) is 2.23. The zero-order valence-electron chi connectivity index (χ0n) is 12.4. The third kappa shape index (κ3) is 4.49. The molecule has 0 radical (unpaired) electrons. The minimum absolute atomic E-state index is 0.205. The van der Waals surface area contributed by atoms with Crippen LogP contribution in [-0.4, -0.2) is 36.1 Å². The fraction of sp³-hybridized carbons (Fsp3) is 0.267. The molecule has 0 spiro atoms. The summed E-state index contributed by atoms with van der Waals surface area (Å²) >= 11 is 0. The highest BCUT2D eigenvalue weighted by Gasteiger charge is 2.11. The van der Waals surface area contributed by atoms with Crippen molar-refractivity contribution in [2.24, 2.45) is 0 Å². The van der Waals surface area contributed by atoms with Gasteiger partial charge in [0, 0.05) is 25.0 Å². The topological polar surface area (TPSA) is 76.1 Å². The zero-order valence-corrected chi connectivity index (χ0v) is 12.4. The molecule has 0 bridgehead atoms. The van der Waals surface area contributed by atoms with E-state index in [1.54, 1.807) is 26.2 Å². The lowest BCUT2D eigenvalue weighted by Gasteiger charge is -2.08. The number of benzene rings is 1. The molecule has 0 saturated carbocycles. The average Bonchev–Trinajstić information content (AvgIpc) is 2.47. The number of aromatic nitrogens is 2. The first kappa shape index (κ1) is 15.8. The molecular formula is C15H17FN4O2. The standard InChI is InChI=1S/C15H17FN4O2/c1-10-8-13(20-15(18-10)17-6-7-22-2)14(21)19-12-5-3-4-11(16)9-12/h3-5,8-9H,6-7H2,1-2H3,(H,19,21)(H,17,18,20). The number of aryl methyl sites for hydroxylation is 1. The smallest absolute Gasteiger partial charge is 0.274 e. The molecule has 0 atom stereocenters. The van der Waals surface area contributed by atoms with E-state index in [4.69, 9.17) is 4.74 Å². The summed E-state index contributed by atoms with van der Waals surface area (Å²) in [6, 6.07) is 7.24. The molecule has 1 aromatic carbocycles. The van der Waals surface area contributed by atoms with Gasteiger partial charge in [0.05, 0.1) is 6.61 Å². The summed E-state index contributed by atoms with van der Waals surface area (Å²) in [7, 11) is 1.59. The summed E-state index contributed by atoms with van der Waals surface area (Å²) in [4.78, 5) is 20.5. The predicted molar refractivity (Wildman–Crippen MR) is 81.5 cm³/mol. The summed E-state index contributed by atoms with van der Waals surface area (Å²) in [5, 5.41) is 5.57. The van der Waals surface area contributed by atoms with Gasteiger partial charge in [-0.15, -0.1) is 0 Å². The molecule has 0 aliphatic carbocycles. The van der Waals surface area contributed by atoms with Crippen molar-refractivity contribution >= 4 is 17.5 Å². The number of rotatable bonds is 6. The highest BCUT2D eigenvalue weighted by molar-refractivity contribution is 6.03. The van der Waals surface area contributed by atoms with Gasteiger partial charge in [-0.25, -0.2) is 14.4 Å². The van der Waals surface area contributed by atoms with E-state index in [1.165, 1.54) is 18.2 Å². The fourth-order valence-corrected chi connectivity index (χ4v) is 1.79. The number of anilines is 2. The van der Waals surface area contributed by atoms with Crippen molar-refractivity contribution in [3.8, 4) is 0 Å². The first-order valence-electron chi connectivity index (χ1n) is 6.74. The Balaban J connectivity index is 2.11. The second-order valence-corrected chi connectivity index (χ2v) is 4.60. The maximum Gasteiger partial charge on any atom is 0.274 e. The Labute approximate surface area is 127 Å². The van der Waals surface area contributed by atoms with Gasteiger partial charge < -0.3 is 15.4 Å². The maximum absolute atomic E-state index is 13.1. The van der Waals surface area contributed by atoms with Gasteiger partial charge in [0.25, 0.3) is 5.91 Å². The van der Waals surface area contributed by atoms with Gasteiger partial charge in [-0.2, -0.15) is 0 Å². The zero-order chi connectivity index (χ0) is 15.9. The molecule has 116 valence electrons. The number of carbonyl (C=O) groups excluding carboxylic acids is 1. The Morgan fingerprint density at radius 1 is 1.32 bits per heavy atom. The van der Waals surface area contributed by atoms with Crippen molar-refractivity contribution < 1.29 is 13.9 Å². The molecule has 0 fully saturated rings. The van der Waals surface area contributed by atoms with Gasteiger partial charge in [-0.1, -0.05) is 6.07 Å². The van der Waals surface area contributed by atoms with E-state index >= 15 is 0 Å². The van der Waals surface area contributed by atoms with Crippen molar-refractivity contribution in [2.75, 3.05) is 30.9 Å². The van der Waals surface area contributed by atoms with E-state index in [1.807, 2.05) is 0 Å². The Hall–Kier alpha value is -2.54. The number of hydrogen-bond acceptors (Lipinski definition) is 5. The number of nitrogens with zero attached hydrogens (tertiary/aromatic N) is 2. The average molecular weight is 304 g/mol. The third-order valence-electron chi connectivity index (χ3n) is 2.76. The number of carbonyl (C=O) groups is 1. The van der Waals surface area contributed by atoms with Crippen LogP contribution in [0.2, 0.25) is 0 Å². The lowest BCUT2D eigenvalue weighted by molar-refractivity contribution is 0.102. The normalized spacial score (nSPS) is 10.3. The van der Waals surface area contributed by atoms with Crippen molar-refractivity contribution in [1.82, 2.24) is 9.97 Å². The van der Waals surface area contributed by atoms with Gasteiger partial charge in [-0.05, 0) is 31.2 Å². The molecule has 1 amide bonds. The molecule has 22 heavy (non-hydrogen) atoms. The van der Waals surface area contributed by atoms with Crippen LogP contribution in [0.3, 0.4) is 0 Å². The summed E-state index contributed by atoms with van der Waals surface area (Å²) < 4.78 is 18.1. The molecule has 6 nitrogen and oxygen atoms in total. The van der Waals surface area contributed by atoms with Gasteiger partial charge in [0.15, 0.2) is 0 Å². The van der Waals surface area contributed by atoms with Crippen LogP contribution in [0.4, 0.5) is 16.0 Å². The molecule has 0 aliphatic rings. The molecular weight excluding hydrogens is 287 g/mol. The van der Waals surface area contributed by atoms with Crippen LogP contribution in [0.1, 0.15) is 16.2 Å². The molecule has 1 aromatic heterocycles. The van der Waals surface area contributed by atoms with Crippen molar-refractivity contribution in [2.45, 2.75) is 6.92 Å². The molecule has 0 aliphatic heterocycles. The van der Waals surface area contributed by atoms with Crippen LogP contribution >= 0.6 is 0 Å². The number of methoxy groups -OCH3 is 1. The number of hydrogen-bond donors (Lipinski definition) is 2. The molecule has 0 saturated heterocycles. The highest BCUT2D eigenvalue weighted by atomic mass is 19.1. The lowest BCUT2D eigenvalue weighted by Crippen LogP contribution is -2.17. The molecule has 1 heterocycles. The maximum atomic E-state index is 13.1. The molecule has 2 aromatic rings. The fourth-order valence-electron chi connectivity index (χ4n) is 1.79. The van der Waals surface area contributed by atoms with Crippen molar-refractivity contribution in [1.29, 1.82) is 0 Å². The largest absolute Gasteiger partial charge is 0.383 e. The second-order valence-electron chi connectivity index (χ2n) is 4.60. The van der Waals surface area contributed by atoms with Crippen LogP contribution in [0, 0.1) is 12.7 Å². The van der Waals surface area contributed by atoms with E-state index in [0.717, 1.165) is 0 Å². The Bertz CT molecular complexity index is 664. The summed E-state index contributed by atoms with van der Waals surface area (Å²) in [5.41, 5.74) is 1.23. The first-order chi connectivity index (χ1) is 10.6. The highest BCUT2D eigenvalue weighted by Crippen LogP contribution is 2.12. The summed E-state index contributed by atoms with van der Waals surface area (Å²) in [5.74, 6) is -0.495. The number of amides is 1. The molecule has 7 heteroatoms. The Morgan fingerprint density at radius 2 is 2.14 bits per heavy atom. The Kier molecular flexibility index (Phi) is 5.37. The van der Waals surface area contributed by atoms with Gasteiger partial charge in [0.1, 0.15) is 11.5 Å². The van der Waals surface area contributed by atoms with E-state index in [-0.39, 0.29) is 5.69 Å². The van der Waals surface area contributed by atoms with Crippen LogP contribution < -0.4 is 10.6 Å². The molecule has 2 rings (SSSR count). The lowest BCUT2D eigenvalue weighted by atomic mass is 10.3. The van der Waals surface area contributed by atoms with E-state index in [9.17, 15) is 9.18 Å². The van der Waals surface area contributed by atoms with E-state index in [0.29, 0.717) is 30.5 Å². The van der Waals surface area contributed by atoms with Gasteiger partial charge in [-0.3, -0.25) is 4.79 Å². The Morgan fingerprint density at radius 3 is 2.86 bits per heavy atom. The van der Waals surface area contributed by atoms with Crippen molar-refractivity contribution in [3.05, 3.63) is 47.5 Å². The third-order valence-corrected chi connectivity index (χ3v) is 2.76. The molecule has 0 unspecified atom stereocenters. The first-order valence-corrected chi connectivity index (χ1v) is 6.74. The summed E-state index contributed by atoms with van der Waals surface area (Å²) in [6.07, 6.45) is 0. The SMILES string of the molecule is COCCNc1nc(C)cc(C(=O)Nc2cccc(F)c2)n1. The monoisotopic (exact) mass is 304 g/mol. The van der Waals surface area contributed by atoms with Gasteiger partial charge in [0.2, 0.25) is 5.95 Å². The minimum Gasteiger partial charge on any atom is -0.383 e. The van der Waals surface area contributed by atoms with E-state index in [2.05, 4.69) is 20.6 Å². The number of nitrogens with one attached hydrogen (secondary N) is 2. The number of halogens is 1. The quantitative estimate of drug-likeness (QED) is 0.800. The van der Waals surface area contributed by atoms with Crippen LogP contribution in [0.25, 0.3) is 0 Å². The van der Waals surface area contributed by atoms with Crippen molar-refractivity contribution in [3.63, 3.8) is 0 Å². The number of ether oxygens (including phenoxy) is 1. The minimum atomic E-state index is -0.425.